The van der Waals surface area contributed by atoms with Gasteiger partial charge in [0.2, 0.25) is 5.91 Å². The number of carbonyl (C=O) groups excluding carboxylic acids is 1. The molecule has 1 atom stereocenters. The van der Waals surface area contributed by atoms with E-state index < -0.39 is 5.97 Å². The van der Waals surface area contributed by atoms with Crippen molar-refractivity contribution in [3.63, 3.8) is 0 Å². The number of rotatable bonds is 8. The predicted octanol–water partition coefficient (Wildman–Crippen LogP) is 3.23. The second-order valence-electron chi connectivity index (χ2n) is 5.45. The van der Waals surface area contributed by atoms with Crippen molar-refractivity contribution in [2.45, 2.75) is 32.6 Å². The van der Waals surface area contributed by atoms with E-state index >= 15 is 0 Å². The van der Waals surface area contributed by atoms with Gasteiger partial charge in [0, 0.05) is 31.5 Å². The van der Waals surface area contributed by atoms with Gasteiger partial charge in [-0.15, -0.1) is 0 Å². The molecular formula is C16H22ClNO3. The van der Waals surface area contributed by atoms with Crippen molar-refractivity contribution < 1.29 is 14.7 Å². The molecule has 1 aromatic carbocycles. The molecule has 0 radical (unpaired) electrons. The Morgan fingerprint density at radius 1 is 1.29 bits per heavy atom. The van der Waals surface area contributed by atoms with Crippen molar-refractivity contribution in [3.8, 4) is 0 Å². The molecular weight excluding hydrogens is 290 g/mol. The first-order valence-electron chi connectivity index (χ1n) is 7.08. The van der Waals surface area contributed by atoms with E-state index in [1.165, 1.54) is 0 Å². The zero-order chi connectivity index (χ0) is 15.8. The molecule has 0 spiro atoms. The summed E-state index contributed by atoms with van der Waals surface area (Å²) in [7, 11) is 1.72. The molecule has 0 aliphatic carbocycles. The number of aliphatic carboxylic acids is 1. The zero-order valence-corrected chi connectivity index (χ0v) is 13.3. The topological polar surface area (TPSA) is 57.6 Å². The van der Waals surface area contributed by atoms with E-state index in [1.54, 1.807) is 11.9 Å². The molecule has 0 saturated carbocycles. The Hall–Kier alpha value is -1.55. The van der Waals surface area contributed by atoms with Gasteiger partial charge in [-0.1, -0.05) is 30.7 Å². The van der Waals surface area contributed by atoms with E-state index in [4.69, 9.17) is 16.7 Å². The lowest BCUT2D eigenvalue weighted by Crippen LogP contribution is -2.29. The van der Waals surface area contributed by atoms with Crippen LogP contribution in [-0.4, -0.2) is 35.5 Å². The van der Waals surface area contributed by atoms with Crippen LogP contribution in [0.15, 0.2) is 24.3 Å². The third-order valence-corrected chi connectivity index (χ3v) is 3.58. The Balaban J connectivity index is 2.35. The Morgan fingerprint density at radius 3 is 2.48 bits per heavy atom. The average Bonchev–Trinajstić information content (AvgIpc) is 2.40. The third-order valence-electron chi connectivity index (χ3n) is 3.33. The van der Waals surface area contributed by atoms with Gasteiger partial charge in [-0.25, -0.2) is 0 Å². The van der Waals surface area contributed by atoms with Crippen molar-refractivity contribution in [1.82, 2.24) is 4.90 Å². The molecule has 1 unspecified atom stereocenters. The number of hydrogen-bond donors (Lipinski definition) is 1. The number of benzene rings is 1. The molecule has 0 aliphatic heterocycles. The van der Waals surface area contributed by atoms with Gasteiger partial charge < -0.3 is 10.0 Å². The smallest absolute Gasteiger partial charge is 0.303 e. The number of hydrogen-bond acceptors (Lipinski definition) is 2. The Morgan fingerprint density at radius 2 is 1.90 bits per heavy atom. The van der Waals surface area contributed by atoms with Gasteiger partial charge in [0.1, 0.15) is 0 Å². The molecule has 1 N–H and O–H groups in total. The summed E-state index contributed by atoms with van der Waals surface area (Å²) in [5.41, 5.74) is 1.16. The lowest BCUT2D eigenvalue weighted by molar-refractivity contribution is -0.138. The average molecular weight is 312 g/mol. The molecule has 4 nitrogen and oxygen atoms in total. The Kier molecular flexibility index (Phi) is 7.23. The number of halogens is 1. The minimum atomic E-state index is -0.827. The fourth-order valence-electron chi connectivity index (χ4n) is 2.14. The van der Waals surface area contributed by atoms with Crippen molar-refractivity contribution in [1.29, 1.82) is 0 Å². The van der Waals surface area contributed by atoms with Gasteiger partial charge in [-0.3, -0.25) is 9.59 Å². The van der Waals surface area contributed by atoms with Crippen LogP contribution in [0.25, 0.3) is 0 Å². The molecule has 1 rings (SSSR count). The molecule has 5 heteroatoms. The zero-order valence-electron chi connectivity index (χ0n) is 12.5. The quantitative estimate of drug-likeness (QED) is 0.802. The molecule has 1 aromatic rings. The summed E-state index contributed by atoms with van der Waals surface area (Å²) >= 11 is 5.84. The first-order valence-corrected chi connectivity index (χ1v) is 7.46. The minimum Gasteiger partial charge on any atom is -0.481 e. The SMILES string of the molecule is CC(CC(=O)N(C)CCCC(=O)O)Cc1ccc(Cl)cc1. The minimum absolute atomic E-state index is 0.0573. The molecule has 1 amide bonds. The van der Waals surface area contributed by atoms with Gasteiger partial charge in [-0.05, 0) is 36.5 Å². The fraction of sp³-hybridized carbons (Fsp3) is 0.500. The lowest BCUT2D eigenvalue weighted by atomic mass is 9.97. The Labute approximate surface area is 130 Å². The molecule has 0 saturated heterocycles. The van der Waals surface area contributed by atoms with Crippen LogP contribution in [0.1, 0.15) is 31.7 Å². The van der Waals surface area contributed by atoms with Crippen LogP contribution in [0, 0.1) is 5.92 Å². The highest BCUT2D eigenvalue weighted by molar-refractivity contribution is 6.30. The molecule has 0 aliphatic rings. The van der Waals surface area contributed by atoms with Crippen LogP contribution >= 0.6 is 11.6 Å². The highest BCUT2D eigenvalue weighted by atomic mass is 35.5. The fourth-order valence-corrected chi connectivity index (χ4v) is 2.27. The summed E-state index contributed by atoms with van der Waals surface area (Å²) in [5, 5.41) is 9.29. The summed E-state index contributed by atoms with van der Waals surface area (Å²) in [6, 6.07) is 7.65. The van der Waals surface area contributed by atoms with Gasteiger partial charge in [0.25, 0.3) is 0 Å². The van der Waals surface area contributed by atoms with E-state index in [9.17, 15) is 9.59 Å². The first-order chi connectivity index (χ1) is 9.88. The maximum absolute atomic E-state index is 12.0. The van der Waals surface area contributed by atoms with Crippen LogP contribution in [0.5, 0.6) is 0 Å². The van der Waals surface area contributed by atoms with Gasteiger partial charge in [0.05, 0.1) is 0 Å². The van der Waals surface area contributed by atoms with Crippen LogP contribution in [-0.2, 0) is 16.0 Å². The van der Waals surface area contributed by atoms with Crippen LogP contribution < -0.4 is 0 Å². The van der Waals surface area contributed by atoms with Gasteiger partial charge >= 0.3 is 5.97 Å². The van der Waals surface area contributed by atoms with Gasteiger partial charge in [-0.2, -0.15) is 0 Å². The van der Waals surface area contributed by atoms with Crippen molar-refractivity contribution in [2.75, 3.05) is 13.6 Å². The molecule has 0 fully saturated rings. The normalized spacial score (nSPS) is 12.0. The lowest BCUT2D eigenvalue weighted by Gasteiger charge is -2.19. The standard InChI is InChI=1S/C16H22ClNO3/c1-12(10-13-5-7-14(17)8-6-13)11-15(19)18(2)9-3-4-16(20)21/h5-8,12H,3-4,9-11H2,1-2H3,(H,20,21). The second-order valence-corrected chi connectivity index (χ2v) is 5.89. The van der Waals surface area contributed by atoms with Gasteiger partial charge in [0.15, 0.2) is 0 Å². The van der Waals surface area contributed by atoms with E-state index in [2.05, 4.69) is 0 Å². The monoisotopic (exact) mass is 311 g/mol. The summed E-state index contributed by atoms with van der Waals surface area (Å²) in [4.78, 5) is 24.1. The summed E-state index contributed by atoms with van der Waals surface area (Å²) in [6.07, 6.45) is 1.87. The third kappa shape index (κ3) is 7.14. The maximum Gasteiger partial charge on any atom is 0.303 e. The van der Waals surface area contributed by atoms with E-state index in [0.717, 1.165) is 12.0 Å². The number of carboxylic acids is 1. The molecule has 0 bridgehead atoms. The predicted molar refractivity (Wildman–Crippen MR) is 83.4 cm³/mol. The first kappa shape index (κ1) is 17.5. The highest BCUT2D eigenvalue weighted by Crippen LogP contribution is 2.16. The summed E-state index contributed by atoms with van der Waals surface area (Å²) < 4.78 is 0. The number of carbonyl (C=O) groups is 2. The summed E-state index contributed by atoms with van der Waals surface area (Å²) in [6.45, 7) is 2.52. The van der Waals surface area contributed by atoms with Crippen LogP contribution in [0.4, 0.5) is 0 Å². The molecule has 21 heavy (non-hydrogen) atoms. The van der Waals surface area contributed by atoms with Crippen molar-refractivity contribution in [3.05, 3.63) is 34.9 Å². The maximum atomic E-state index is 12.0. The van der Waals surface area contributed by atoms with Crippen molar-refractivity contribution in [2.24, 2.45) is 5.92 Å². The van der Waals surface area contributed by atoms with Crippen molar-refractivity contribution >= 4 is 23.5 Å². The number of nitrogens with zero attached hydrogens (tertiary/aromatic N) is 1. The number of carboxylic acid groups (broad SMARTS) is 1. The second kappa shape index (κ2) is 8.67. The largest absolute Gasteiger partial charge is 0.481 e. The molecule has 0 heterocycles. The van der Waals surface area contributed by atoms with E-state index in [1.807, 2.05) is 31.2 Å². The number of amides is 1. The Bertz CT molecular complexity index is 473. The van der Waals surface area contributed by atoms with Crippen LogP contribution in [0.3, 0.4) is 0 Å². The highest BCUT2D eigenvalue weighted by Gasteiger charge is 2.14. The molecule has 0 aromatic heterocycles. The van der Waals surface area contributed by atoms with E-state index in [0.29, 0.717) is 24.4 Å². The molecule has 116 valence electrons. The van der Waals surface area contributed by atoms with Crippen LogP contribution in [0.2, 0.25) is 5.02 Å². The summed E-state index contributed by atoms with van der Waals surface area (Å²) in [5.74, 6) is -0.533. The van der Waals surface area contributed by atoms with E-state index in [-0.39, 0.29) is 18.2 Å².